The highest BCUT2D eigenvalue weighted by Gasteiger charge is 2.38. The molecule has 134 valence electrons. The summed E-state index contributed by atoms with van der Waals surface area (Å²) in [5, 5.41) is 20.1. The first-order valence-corrected chi connectivity index (χ1v) is 8.49. The molecule has 1 aromatic heterocycles. The average molecular weight is 376 g/mol. The van der Waals surface area contributed by atoms with Crippen LogP contribution in [0.5, 0.6) is 5.75 Å². The molecule has 7 heteroatoms. The molecule has 2 aromatic carbocycles. The fraction of sp³-hybridized carbons (Fsp3) is 0.211. The number of carboxylic acid groups (broad SMARTS) is 1. The molecule has 1 saturated carbocycles. The summed E-state index contributed by atoms with van der Waals surface area (Å²) in [5.41, 5.74) is 0.889. The maximum absolute atomic E-state index is 14.6. The third-order valence-corrected chi connectivity index (χ3v) is 5.20. The Hall–Kier alpha value is -2.57. The summed E-state index contributed by atoms with van der Waals surface area (Å²) in [6.45, 7) is 0. The lowest BCUT2D eigenvalue weighted by Gasteiger charge is -2.37. The summed E-state index contributed by atoms with van der Waals surface area (Å²) in [6, 6.07) is 7.90. The van der Waals surface area contributed by atoms with Gasteiger partial charge in [0.2, 0.25) is 0 Å². The predicted octanol–water partition coefficient (Wildman–Crippen LogP) is 5.06. The fourth-order valence-electron chi connectivity index (χ4n) is 3.36. The van der Waals surface area contributed by atoms with E-state index in [4.69, 9.17) is 21.4 Å². The summed E-state index contributed by atoms with van der Waals surface area (Å²) < 4.78 is 19.3. The number of aliphatic hydroxyl groups is 1. The van der Waals surface area contributed by atoms with Crippen molar-refractivity contribution in [3.8, 4) is 16.9 Å². The number of rotatable bonds is 3. The second-order valence-corrected chi connectivity index (χ2v) is 6.89. The van der Waals surface area contributed by atoms with Crippen molar-refractivity contribution >= 4 is 28.7 Å². The molecule has 1 aliphatic carbocycles. The van der Waals surface area contributed by atoms with Crippen LogP contribution in [0.25, 0.3) is 22.0 Å². The topological polar surface area (TPSA) is 82.5 Å². The molecular formula is C19H15ClFNO4. The number of nitrogens with one attached hydrogen (secondary N) is 1. The molecule has 0 atom stereocenters. The van der Waals surface area contributed by atoms with E-state index in [2.05, 4.69) is 4.98 Å². The second kappa shape index (κ2) is 6.00. The zero-order valence-electron chi connectivity index (χ0n) is 13.6. The van der Waals surface area contributed by atoms with E-state index in [-0.39, 0.29) is 5.75 Å². The van der Waals surface area contributed by atoms with Gasteiger partial charge in [-0.15, -0.1) is 0 Å². The highest BCUT2D eigenvalue weighted by atomic mass is 35.5. The van der Waals surface area contributed by atoms with Gasteiger partial charge in [-0.25, -0.2) is 9.18 Å². The molecular weight excluding hydrogens is 361 g/mol. The zero-order valence-corrected chi connectivity index (χ0v) is 14.3. The van der Waals surface area contributed by atoms with E-state index in [0.717, 1.165) is 6.42 Å². The maximum Gasteiger partial charge on any atom is 0.511 e. The SMILES string of the molecule is O=C(O)Oc1c[nH]c2cc(Cl)c(-c3ccc(C4(O)CCC4)c(F)c3)cc12. The Kier molecular flexibility index (Phi) is 3.89. The van der Waals surface area contributed by atoms with Gasteiger partial charge >= 0.3 is 6.16 Å². The lowest BCUT2D eigenvalue weighted by atomic mass is 9.74. The molecule has 26 heavy (non-hydrogen) atoms. The number of carbonyl (C=O) groups is 1. The Labute approximate surface area is 153 Å². The summed E-state index contributed by atoms with van der Waals surface area (Å²) >= 11 is 6.32. The molecule has 0 spiro atoms. The average Bonchev–Trinajstić information content (AvgIpc) is 2.93. The van der Waals surface area contributed by atoms with E-state index in [1.54, 1.807) is 24.3 Å². The number of fused-ring (bicyclic) bond motifs is 1. The molecule has 0 amide bonds. The van der Waals surface area contributed by atoms with Gasteiger partial charge in [0.1, 0.15) is 5.82 Å². The van der Waals surface area contributed by atoms with Crippen LogP contribution in [0.4, 0.5) is 9.18 Å². The Morgan fingerprint density at radius 1 is 1.27 bits per heavy atom. The monoisotopic (exact) mass is 375 g/mol. The van der Waals surface area contributed by atoms with Crippen molar-refractivity contribution in [2.75, 3.05) is 0 Å². The van der Waals surface area contributed by atoms with Crippen molar-refractivity contribution in [3.63, 3.8) is 0 Å². The lowest BCUT2D eigenvalue weighted by molar-refractivity contribution is -0.0416. The van der Waals surface area contributed by atoms with Gasteiger partial charge in [0.05, 0.1) is 16.1 Å². The van der Waals surface area contributed by atoms with Gasteiger partial charge in [0.25, 0.3) is 0 Å². The molecule has 5 nitrogen and oxygen atoms in total. The number of H-pyrrole nitrogens is 1. The van der Waals surface area contributed by atoms with Crippen molar-refractivity contribution in [2.45, 2.75) is 24.9 Å². The van der Waals surface area contributed by atoms with E-state index in [1.165, 1.54) is 12.3 Å². The van der Waals surface area contributed by atoms with E-state index < -0.39 is 17.6 Å². The number of aromatic nitrogens is 1. The quantitative estimate of drug-likeness (QED) is 0.559. The van der Waals surface area contributed by atoms with Crippen molar-refractivity contribution in [2.24, 2.45) is 0 Å². The summed E-state index contributed by atoms with van der Waals surface area (Å²) in [7, 11) is 0. The molecule has 0 aliphatic heterocycles. The van der Waals surface area contributed by atoms with E-state index in [0.29, 0.717) is 45.5 Å². The van der Waals surface area contributed by atoms with Crippen LogP contribution >= 0.6 is 11.6 Å². The molecule has 1 heterocycles. The molecule has 0 bridgehead atoms. The highest BCUT2D eigenvalue weighted by molar-refractivity contribution is 6.34. The molecule has 3 aromatic rings. The largest absolute Gasteiger partial charge is 0.511 e. The maximum atomic E-state index is 14.6. The standard InChI is InChI=1S/C19H15ClFNO4/c20-14-8-16-12(17(9-22-16)26-18(23)24)7-11(14)10-2-3-13(15(21)6-10)19(25)4-1-5-19/h2-3,6-9,22,25H,1,4-5H2,(H,23,24). The van der Waals surface area contributed by atoms with Gasteiger partial charge in [-0.2, -0.15) is 0 Å². The summed E-state index contributed by atoms with van der Waals surface area (Å²) in [5.74, 6) is -0.344. The minimum atomic E-state index is -1.42. The van der Waals surface area contributed by atoms with E-state index in [1.807, 2.05) is 0 Å². The molecule has 1 aliphatic rings. The number of aromatic amines is 1. The molecule has 3 N–H and O–H groups in total. The van der Waals surface area contributed by atoms with Crippen molar-refractivity contribution in [3.05, 3.63) is 52.9 Å². The number of hydrogen-bond acceptors (Lipinski definition) is 3. The van der Waals surface area contributed by atoms with Crippen LogP contribution in [0.3, 0.4) is 0 Å². The van der Waals surface area contributed by atoms with E-state index in [9.17, 15) is 14.3 Å². The minimum Gasteiger partial charge on any atom is -0.449 e. The first-order chi connectivity index (χ1) is 12.4. The zero-order chi connectivity index (χ0) is 18.5. The Morgan fingerprint density at radius 3 is 2.65 bits per heavy atom. The number of benzene rings is 2. The number of halogens is 2. The van der Waals surface area contributed by atoms with Crippen LogP contribution in [0.2, 0.25) is 5.02 Å². The Morgan fingerprint density at radius 2 is 2.04 bits per heavy atom. The van der Waals surface area contributed by atoms with Gasteiger partial charge in [0, 0.05) is 22.7 Å². The normalized spacial score (nSPS) is 15.7. The predicted molar refractivity (Wildman–Crippen MR) is 95.1 cm³/mol. The van der Waals surface area contributed by atoms with Gasteiger partial charge in [-0.05, 0) is 43.0 Å². The molecule has 4 rings (SSSR count). The number of hydrogen-bond donors (Lipinski definition) is 3. The van der Waals surface area contributed by atoms with Crippen LogP contribution in [-0.2, 0) is 5.60 Å². The molecule has 0 unspecified atom stereocenters. The van der Waals surface area contributed by atoms with Gasteiger partial charge < -0.3 is 19.9 Å². The number of ether oxygens (including phenoxy) is 1. The highest BCUT2D eigenvalue weighted by Crippen LogP contribution is 2.43. The van der Waals surface area contributed by atoms with Gasteiger partial charge in [-0.1, -0.05) is 23.7 Å². The fourth-order valence-corrected chi connectivity index (χ4v) is 3.63. The molecule has 1 fully saturated rings. The van der Waals surface area contributed by atoms with Crippen LogP contribution in [0.15, 0.2) is 36.5 Å². The van der Waals surface area contributed by atoms with Crippen molar-refractivity contribution < 1.29 is 24.1 Å². The smallest absolute Gasteiger partial charge is 0.449 e. The molecule has 0 radical (unpaired) electrons. The van der Waals surface area contributed by atoms with Crippen LogP contribution in [0.1, 0.15) is 24.8 Å². The summed E-state index contributed by atoms with van der Waals surface area (Å²) in [6.07, 6.45) is 1.98. The van der Waals surface area contributed by atoms with Crippen molar-refractivity contribution in [1.82, 2.24) is 4.98 Å². The summed E-state index contributed by atoms with van der Waals surface area (Å²) in [4.78, 5) is 13.7. The van der Waals surface area contributed by atoms with Crippen LogP contribution in [0, 0.1) is 5.82 Å². The lowest BCUT2D eigenvalue weighted by Crippen LogP contribution is -2.34. The Bertz CT molecular complexity index is 1030. The minimum absolute atomic E-state index is 0.145. The van der Waals surface area contributed by atoms with Gasteiger partial charge in [-0.3, -0.25) is 0 Å². The second-order valence-electron chi connectivity index (χ2n) is 6.48. The Balaban J connectivity index is 1.79. The van der Waals surface area contributed by atoms with Crippen LogP contribution < -0.4 is 4.74 Å². The van der Waals surface area contributed by atoms with E-state index >= 15 is 0 Å². The first-order valence-electron chi connectivity index (χ1n) is 8.11. The van der Waals surface area contributed by atoms with Crippen LogP contribution in [-0.4, -0.2) is 21.4 Å². The first kappa shape index (κ1) is 16.9. The molecule has 0 saturated heterocycles. The van der Waals surface area contributed by atoms with Crippen molar-refractivity contribution in [1.29, 1.82) is 0 Å². The van der Waals surface area contributed by atoms with Gasteiger partial charge in [0.15, 0.2) is 5.75 Å². The third-order valence-electron chi connectivity index (χ3n) is 4.89. The third kappa shape index (κ3) is 2.71.